The maximum absolute atomic E-state index is 12.4. The molecule has 26 heavy (non-hydrogen) atoms. The number of hydrogen-bond acceptors (Lipinski definition) is 2. The van der Waals surface area contributed by atoms with Crippen molar-refractivity contribution in [3.8, 4) is 0 Å². The Morgan fingerprint density at radius 1 is 0.769 bits per heavy atom. The van der Waals surface area contributed by atoms with E-state index >= 15 is 0 Å². The van der Waals surface area contributed by atoms with Gasteiger partial charge in [0.2, 0.25) is 0 Å². The molecule has 0 aromatic carbocycles. The zero-order valence-corrected chi connectivity index (χ0v) is 18.1. The average Bonchev–Trinajstić information content (AvgIpc) is 2.40. The third kappa shape index (κ3) is 3.20. The van der Waals surface area contributed by atoms with Crippen LogP contribution in [0, 0.1) is 27.1 Å². The first-order valence-corrected chi connectivity index (χ1v) is 9.64. The molecule has 0 aromatic rings. The number of carboxylic acid groups (broad SMARTS) is 2. The quantitative estimate of drug-likeness (QED) is 0.622. The van der Waals surface area contributed by atoms with Crippen LogP contribution in [0.5, 0.6) is 0 Å². The van der Waals surface area contributed by atoms with Crippen molar-refractivity contribution < 1.29 is 19.8 Å². The molecule has 0 heterocycles. The molecule has 4 heteroatoms. The molecule has 1 atom stereocenters. The van der Waals surface area contributed by atoms with Gasteiger partial charge in [-0.05, 0) is 34.5 Å². The van der Waals surface area contributed by atoms with Crippen LogP contribution >= 0.6 is 0 Å². The highest BCUT2D eigenvalue weighted by molar-refractivity contribution is 5.96. The summed E-state index contributed by atoms with van der Waals surface area (Å²) in [5, 5.41) is 19.6. The van der Waals surface area contributed by atoms with E-state index in [0.29, 0.717) is 6.42 Å². The molecule has 0 radical (unpaired) electrons. The first-order chi connectivity index (χ1) is 11.5. The fraction of sp³-hybridized carbons (Fsp3) is 0.818. The van der Waals surface area contributed by atoms with E-state index in [0.717, 1.165) is 25.3 Å². The van der Waals surface area contributed by atoms with Gasteiger partial charge in [0.25, 0.3) is 0 Å². The lowest BCUT2D eigenvalue weighted by molar-refractivity contribution is -0.200. The molecule has 0 aromatic heterocycles. The molecule has 150 valence electrons. The Morgan fingerprint density at radius 2 is 1.19 bits per heavy atom. The van der Waals surface area contributed by atoms with E-state index in [1.807, 2.05) is 0 Å². The summed E-state index contributed by atoms with van der Waals surface area (Å²) in [6.45, 7) is 19.3. The molecule has 2 N–H and O–H groups in total. The van der Waals surface area contributed by atoms with E-state index in [9.17, 15) is 19.8 Å². The third-order valence-electron chi connectivity index (χ3n) is 6.88. The monoisotopic (exact) mass is 366 g/mol. The molecule has 1 aliphatic carbocycles. The summed E-state index contributed by atoms with van der Waals surface area (Å²) in [5.41, 5.74) is -1.88. The topological polar surface area (TPSA) is 74.6 Å². The van der Waals surface area contributed by atoms with Gasteiger partial charge in [0.15, 0.2) is 0 Å². The van der Waals surface area contributed by atoms with Gasteiger partial charge >= 0.3 is 11.9 Å². The van der Waals surface area contributed by atoms with Crippen LogP contribution in [-0.2, 0) is 9.59 Å². The summed E-state index contributed by atoms with van der Waals surface area (Å²) in [5.74, 6) is -2.30. The van der Waals surface area contributed by atoms with Gasteiger partial charge in [0, 0.05) is 11.5 Å². The normalized spacial score (nSPS) is 25.0. The molecule has 4 nitrogen and oxygen atoms in total. The van der Waals surface area contributed by atoms with Crippen molar-refractivity contribution in [2.24, 2.45) is 27.1 Å². The first-order valence-electron chi connectivity index (χ1n) is 9.64. The highest BCUT2D eigenvalue weighted by Crippen LogP contribution is 2.74. The molecule has 0 amide bonds. The maximum Gasteiger partial charge on any atom is 0.332 e. The van der Waals surface area contributed by atoms with E-state index in [-0.39, 0.29) is 21.8 Å². The second-order valence-electron chi connectivity index (χ2n) is 11.0. The van der Waals surface area contributed by atoms with Crippen LogP contribution in [0.15, 0.2) is 11.6 Å². The standard InChI is InChI=1S/C22H38O4/c1-18(2,3)21(15(17(25)26)14-16(23)24)12-10-11-13-22(21,19(4,5)6)20(7,8)9/h14H,10-13H2,1-9H3,(H,23,24)(H,25,26)/b15-14+. The predicted octanol–water partition coefficient (Wildman–Crippen LogP) is 5.77. The Kier molecular flexibility index (Phi) is 5.84. The van der Waals surface area contributed by atoms with Gasteiger partial charge in [-0.2, -0.15) is 0 Å². The molecule has 0 aliphatic heterocycles. The summed E-state index contributed by atoms with van der Waals surface area (Å²) >= 11 is 0. The lowest BCUT2D eigenvalue weighted by Gasteiger charge is -2.70. The largest absolute Gasteiger partial charge is 0.478 e. The number of hydrogen-bond donors (Lipinski definition) is 2. The van der Waals surface area contributed by atoms with E-state index < -0.39 is 22.8 Å². The van der Waals surface area contributed by atoms with Gasteiger partial charge in [-0.15, -0.1) is 0 Å². The summed E-state index contributed by atoms with van der Waals surface area (Å²) < 4.78 is 0. The summed E-state index contributed by atoms with van der Waals surface area (Å²) in [6.07, 6.45) is 4.49. The molecule has 1 saturated carbocycles. The SMILES string of the molecule is CC(C)(C)C1(/C(=C/C(=O)O)C(=O)O)CCCCC1(C(C)(C)C)C(C)(C)C. The minimum Gasteiger partial charge on any atom is -0.478 e. The highest BCUT2D eigenvalue weighted by Gasteiger charge is 2.69. The van der Waals surface area contributed by atoms with Crippen LogP contribution in [0.2, 0.25) is 0 Å². The van der Waals surface area contributed by atoms with Crippen LogP contribution in [0.3, 0.4) is 0 Å². The van der Waals surface area contributed by atoms with E-state index in [1.54, 1.807) is 0 Å². The molecule has 0 bridgehead atoms. The fourth-order valence-electron chi connectivity index (χ4n) is 6.64. The van der Waals surface area contributed by atoms with Crippen molar-refractivity contribution in [3.05, 3.63) is 11.6 Å². The molecule has 1 aliphatic rings. The van der Waals surface area contributed by atoms with E-state index in [2.05, 4.69) is 62.3 Å². The van der Waals surface area contributed by atoms with Crippen LogP contribution in [0.25, 0.3) is 0 Å². The van der Waals surface area contributed by atoms with Crippen LogP contribution in [0.4, 0.5) is 0 Å². The molecule has 0 saturated heterocycles. The summed E-state index contributed by atoms with van der Waals surface area (Å²) in [4.78, 5) is 24.0. The first kappa shape index (κ1) is 22.7. The predicted molar refractivity (Wildman–Crippen MR) is 105 cm³/mol. The minimum absolute atomic E-state index is 0.0575. The summed E-state index contributed by atoms with van der Waals surface area (Å²) in [6, 6.07) is 0. The van der Waals surface area contributed by atoms with Crippen molar-refractivity contribution in [2.45, 2.75) is 88.0 Å². The van der Waals surface area contributed by atoms with Gasteiger partial charge in [0.05, 0.1) is 5.57 Å². The summed E-state index contributed by atoms with van der Waals surface area (Å²) in [7, 11) is 0. The third-order valence-corrected chi connectivity index (χ3v) is 6.88. The van der Waals surface area contributed by atoms with Crippen LogP contribution < -0.4 is 0 Å². The van der Waals surface area contributed by atoms with Gasteiger partial charge < -0.3 is 10.2 Å². The Hall–Kier alpha value is -1.32. The van der Waals surface area contributed by atoms with Crippen LogP contribution in [-0.4, -0.2) is 22.2 Å². The molecule has 1 rings (SSSR count). The Morgan fingerprint density at radius 3 is 1.50 bits per heavy atom. The Bertz CT molecular complexity index is 579. The van der Waals surface area contributed by atoms with Gasteiger partial charge in [-0.25, -0.2) is 9.59 Å². The molecular weight excluding hydrogens is 328 g/mol. The maximum atomic E-state index is 12.4. The molecular formula is C22H38O4. The zero-order chi connectivity index (χ0) is 20.8. The average molecular weight is 367 g/mol. The Balaban J connectivity index is 4.15. The zero-order valence-electron chi connectivity index (χ0n) is 18.1. The van der Waals surface area contributed by atoms with Crippen LogP contribution in [0.1, 0.15) is 88.0 Å². The Labute approximate surface area is 159 Å². The number of rotatable bonds is 3. The molecule has 1 unspecified atom stereocenters. The fourth-order valence-corrected chi connectivity index (χ4v) is 6.64. The minimum atomic E-state index is -1.19. The van der Waals surface area contributed by atoms with E-state index in [1.165, 1.54) is 0 Å². The lowest BCUT2D eigenvalue weighted by atomic mass is 9.33. The molecule has 1 fully saturated rings. The van der Waals surface area contributed by atoms with Crippen molar-refractivity contribution in [1.29, 1.82) is 0 Å². The van der Waals surface area contributed by atoms with Gasteiger partial charge in [0.1, 0.15) is 0 Å². The lowest BCUT2D eigenvalue weighted by Crippen LogP contribution is -2.65. The number of carboxylic acids is 2. The second kappa shape index (κ2) is 6.69. The van der Waals surface area contributed by atoms with Crippen molar-refractivity contribution in [2.75, 3.05) is 0 Å². The van der Waals surface area contributed by atoms with Gasteiger partial charge in [-0.1, -0.05) is 75.2 Å². The second-order valence-corrected chi connectivity index (χ2v) is 11.0. The van der Waals surface area contributed by atoms with E-state index in [4.69, 9.17) is 0 Å². The number of carbonyl (C=O) groups is 2. The number of aliphatic carboxylic acids is 2. The van der Waals surface area contributed by atoms with Crippen molar-refractivity contribution in [3.63, 3.8) is 0 Å². The molecule has 0 spiro atoms. The highest BCUT2D eigenvalue weighted by atomic mass is 16.4. The smallest absolute Gasteiger partial charge is 0.332 e. The van der Waals surface area contributed by atoms with Crippen molar-refractivity contribution >= 4 is 11.9 Å². The van der Waals surface area contributed by atoms with Gasteiger partial charge in [-0.3, -0.25) is 0 Å². The van der Waals surface area contributed by atoms with Crippen molar-refractivity contribution in [1.82, 2.24) is 0 Å².